The molecule has 5 nitrogen and oxygen atoms in total. The van der Waals surface area contributed by atoms with Crippen molar-refractivity contribution in [1.82, 2.24) is 9.88 Å². The van der Waals surface area contributed by atoms with Crippen molar-refractivity contribution in [1.29, 1.82) is 0 Å². The first-order valence-corrected chi connectivity index (χ1v) is 10.2. The molecule has 2 aliphatic rings. The number of benzene rings is 2. The van der Waals surface area contributed by atoms with E-state index in [4.69, 9.17) is 0 Å². The van der Waals surface area contributed by atoms with Gasteiger partial charge in [-0.1, -0.05) is 36.4 Å². The first kappa shape index (κ1) is 18.1. The molecule has 0 radical (unpaired) electrons. The van der Waals surface area contributed by atoms with Gasteiger partial charge in [0.05, 0.1) is 12.2 Å². The summed E-state index contributed by atoms with van der Waals surface area (Å²) in [5.74, 6) is -0.129. The molecule has 1 amide bonds. The number of hydrogen-bond donors (Lipinski definition) is 2. The van der Waals surface area contributed by atoms with Gasteiger partial charge in [-0.3, -0.25) is 9.78 Å². The molecule has 2 N–H and O–H groups in total. The highest BCUT2D eigenvalue weighted by Crippen LogP contribution is 2.52. The highest BCUT2D eigenvalue weighted by Gasteiger charge is 2.57. The molecule has 2 aliphatic heterocycles. The van der Waals surface area contributed by atoms with E-state index in [0.29, 0.717) is 10.9 Å². The predicted molar refractivity (Wildman–Crippen MR) is 111 cm³/mol. The van der Waals surface area contributed by atoms with Crippen molar-refractivity contribution in [3.8, 4) is 5.75 Å². The third-order valence-electron chi connectivity index (χ3n) is 6.82. The van der Waals surface area contributed by atoms with Gasteiger partial charge < -0.3 is 15.1 Å². The lowest BCUT2D eigenvalue weighted by Crippen LogP contribution is -2.44. The fourth-order valence-electron chi connectivity index (χ4n) is 5.48. The number of aliphatic hydroxyl groups excluding tert-OH is 1. The lowest BCUT2D eigenvalue weighted by molar-refractivity contribution is 0.0569. The van der Waals surface area contributed by atoms with Gasteiger partial charge >= 0.3 is 0 Å². The zero-order valence-corrected chi connectivity index (χ0v) is 16.2. The molecule has 3 heterocycles. The molecule has 0 unspecified atom stereocenters. The number of phenolic OH excluding ortho intramolecular Hbond substituents is 1. The van der Waals surface area contributed by atoms with Crippen LogP contribution in [0.15, 0.2) is 60.9 Å². The van der Waals surface area contributed by atoms with E-state index >= 15 is 0 Å². The highest BCUT2D eigenvalue weighted by atomic mass is 16.3. The van der Waals surface area contributed by atoms with Crippen molar-refractivity contribution in [3.63, 3.8) is 0 Å². The van der Waals surface area contributed by atoms with Crippen molar-refractivity contribution in [2.45, 2.75) is 37.8 Å². The number of nitrogens with zero attached hydrogens (tertiary/aromatic N) is 2. The molecule has 0 aliphatic carbocycles. The van der Waals surface area contributed by atoms with Gasteiger partial charge in [0.1, 0.15) is 5.75 Å². The molecule has 2 aromatic carbocycles. The smallest absolute Gasteiger partial charge is 0.258 e. The molecule has 29 heavy (non-hydrogen) atoms. The maximum Gasteiger partial charge on any atom is 0.258 e. The first-order valence-electron chi connectivity index (χ1n) is 10.2. The minimum Gasteiger partial charge on any atom is -0.506 e. The molecular weight excluding hydrogens is 364 g/mol. The van der Waals surface area contributed by atoms with Crippen LogP contribution in [0.1, 0.15) is 35.2 Å². The Bertz CT molecular complexity index is 1070. The van der Waals surface area contributed by atoms with E-state index in [1.165, 1.54) is 5.56 Å². The Morgan fingerprint density at radius 1 is 1.14 bits per heavy atom. The first-order chi connectivity index (χ1) is 14.1. The van der Waals surface area contributed by atoms with Crippen molar-refractivity contribution in [3.05, 3.63) is 72.1 Å². The number of phenols is 1. The lowest BCUT2D eigenvalue weighted by atomic mass is 9.70. The van der Waals surface area contributed by atoms with Gasteiger partial charge in [0.25, 0.3) is 5.91 Å². The van der Waals surface area contributed by atoms with Crippen LogP contribution >= 0.6 is 0 Å². The number of fused-ring (bicyclic) bond motifs is 3. The summed E-state index contributed by atoms with van der Waals surface area (Å²) in [5, 5.41) is 22.6. The Morgan fingerprint density at radius 3 is 2.76 bits per heavy atom. The average molecular weight is 388 g/mol. The molecule has 0 spiro atoms. The van der Waals surface area contributed by atoms with Gasteiger partial charge in [0.15, 0.2) is 0 Å². The number of aromatic hydroxyl groups is 1. The average Bonchev–Trinajstić information content (AvgIpc) is 3.31. The Balaban J connectivity index is 1.49. The van der Waals surface area contributed by atoms with E-state index in [1.54, 1.807) is 24.5 Å². The van der Waals surface area contributed by atoms with Crippen molar-refractivity contribution >= 4 is 16.7 Å². The van der Waals surface area contributed by atoms with Crippen LogP contribution in [-0.2, 0) is 6.42 Å². The SMILES string of the molecule is O=C(c1ccc2cnccc2c1O)N1[C@@H]2CC[C@H]1[C@](CO)(Cc1ccccc1)C2. The van der Waals surface area contributed by atoms with Gasteiger partial charge in [0, 0.05) is 40.7 Å². The highest BCUT2D eigenvalue weighted by molar-refractivity contribution is 6.03. The zero-order valence-electron chi connectivity index (χ0n) is 16.2. The van der Waals surface area contributed by atoms with Gasteiger partial charge in [-0.05, 0) is 43.4 Å². The Kier molecular flexibility index (Phi) is 4.28. The normalized spacial score (nSPS) is 25.6. The second kappa shape index (κ2) is 6.85. The van der Waals surface area contributed by atoms with Crippen LogP contribution < -0.4 is 0 Å². The van der Waals surface area contributed by atoms with E-state index in [9.17, 15) is 15.0 Å². The minimum absolute atomic E-state index is 0.0128. The molecule has 1 aromatic heterocycles. The Morgan fingerprint density at radius 2 is 1.97 bits per heavy atom. The van der Waals surface area contributed by atoms with Crippen molar-refractivity contribution in [2.24, 2.45) is 5.41 Å². The van der Waals surface area contributed by atoms with E-state index in [0.717, 1.165) is 31.1 Å². The van der Waals surface area contributed by atoms with Gasteiger partial charge in [-0.15, -0.1) is 0 Å². The second-order valence-corrected chi connectivity index (χ2v) is 8.40. The molecule has 3 atom stereocenters. The summed E-state index contributed by atoms with van der Waals surface area (Å²) >= 11 is 0. The van der Waals surface area contributed by atoms with Crippen molar-refractivity contribution < 1.29 is 15.0 Å². The molecule has 3 aromatic rings. The monoisotopic (exact) mass is 388 g/mol. The third kappa shape index (κ3) is 2.80. The van der Waals surface area contributed by atoms with Gasteiger partial charge in [-0.25, -0.2) is 0 Å². The van der Waals surface area contributed by atoms with E-state index in [2.05, 4.69) is 17.1 Å². The van der Waals surface area contributed by atoms with Gasteiger partial charge in [-0.2, -0.15) is 0 Å². The predicted octanol–water partition coefficient (Wildman–Crippen LogP) is 3.54. The molecular formula is C24H24N2O3. The Hall–Kier alpha value is -2.92. The maximum absolute atomic E-state index is 13.5. The molecule has 2 saturated heterocycles. The number of aliphatic hydroxyl groups is 1. The molecule has 2 bridgehead atoms. The quantitative estimate of drug-likeness (QED) is 0.717. The van der Waals surface area contributed by atoms with Crippen molar-refractivity contribution in [2.75, 3.05) is 6.61 Å². The molecule has 148 valence electrons. The number of carbonyl (C=O) groups excluding carboxylic acids is 1. The summed E-state index contributed by atoms with van der Waals surface area (Å²) in [7, 11) is 0. The number of rotatable bonds is 4. The van der Waals surface area contributed by atoms with Crippen LogP contribution in [0.2, 0.25) is 0 Å². The second-order valence-electron chi connectivity index (χ2n) is 8.40. The van der Waals surface area contributed by atoms with Crippen LogP contribution in [0.5, 0.6) is 5.75 Å². The third-order valence-corrected chi connectivity index (χ3v) is 6.82. The van der Waals surface area contributed by atoms with Crippen LogP contribution in [0.3, 0.4) is 0 Å². The number of aromatic nitrogens is 1. The molecule has 5 heteroatoms. The summed E-state index contributed by atoms with van der Waals surface area (Å²) in [6.45, 7) is 0.0578. The van der Waals surface area contributed by atoms with Crippen LogP contribution in [0.25, 0.3) is 10.8 Å². The summed E-state index contributed by atoms with van der Waals surface area (Å²) in [6.07, 6.45) is 6.69. The zero-order chi connectivity index (χ0) is 20.0. The van der Waals surface area contributed by atoms with Gasteiger partial charge in [0.2, 0.25) is 0 Å². The number of carbonyl (C=O) groups is 1. The largest absolute Gasteiger partial charge is 0.506 e. The minimum atomic E-state index is -0.323. The molecule has 2 fully saturated rings. The van der Waals surface area contributed by atoms with E-state index < -0.39 is 0 Å². The van der Waals surface area contributed by atoms with Crippen LogP contribution in [0, 0.1) is 5.41 Å². The summed E-state index contributed by atoms with van der Waals surface area (Å²) in [4.78, 5) is 19.5. The summed E-state index contributed by atoms with van der Waals surface area (Å²) in [5.41, 5.74) is 1.19. The number of pyridine rings is 1. The fraction of sp³-hybridized carbons (Fsp3) is 0.333. The maximum atomic E-state index is 13.5. The summed E-state index contributed by atoms with van der Waals surface area (Å²) < 4.78 is 0. The fourth-order valence-corrected chi connectivity index (χ4v) is 5.48. The van der Waals surface area contributed by atoms with E-state index in [1.807, 2.05) is 29.2 Å². The number of hydrogen-bond acceptors (Lipinski definition) is 4. The van der Waals surface area contributed by atoms with Crippen LogP contribution in [0.4, 0.5) is 0 Å². The summed E-state index contributed by atoms with van der Waals surface area (Å²) in [6, 6.07) is 15.5. The molecule has 5 rings (SSSR count). The number of amides is 1. The molecule has 0 saturated carbocycles. The van der Waals surface area contributed by atoms with E-state index in [-0.39, 0.29) is 35.8 Å². The topological polar surface area (TPSA) is 73.7 Å². The lowest BCUT2D eigenvalue weighted by Gasteiger charge is -2.36. The van der Waals surface area contributed by atoms with Crippen LogP contribution in [-0.4, -0.2) is 44.7 Å². The standard InChI is InChI=1S/C24H24N2O3/c27-15-24(12-16-4-2-1-3-5-16)13-18-7-9-21(24)26(18)23(29)20-8-6-17-14-25-11-10-19(17)22(20)28/h1-6,8,10-11,14,18,21,27-28H,7,9,12-13,15H2/t18-,21+,24-/m1/s1. The Labute approximate surface area is 169 Å².